The number of hydrogen-bond acceptors (Lipinski definition) is 11. The van der Waals surface area contributed by atoms with Crippen molar-refractivity contribution in [1.82, 2.24) is 14.6 Å². The average Bonchev–Trinajstić information content (AvgIpc) is 3.72. The number of carboxylic acid groups (broad SMARTS) is 1. The number of hydrogen-bond donors (Lipinski definition) is 1. The molecule has 2 aromatic heterocycles. The molecule has 4 heterocycles. The summed E-state index contributed by atoms with van der Waals surface area (Å²) in [6.45, 7) is 6.37. The second-order valence-electron chi connectivity index (χ2n) is 12.0. The molecule has 0 aromatic carbocycles. The maximum Gasteiger partial charge on any atom is 0.365 e. The second kappa shape index (κ2) is 13.6. The number of fused-ring (bicyclic) bond motifs is 2. The number of halogens is 1. The van der Waals surface area contributed by atoms with E-state index < -0.39 is 55.5 Å². The summed E-state index contributed by atoms with van der Waals surface area (Å²) in [5, 5.41) is 12.5. The number of nitrogens with zero attached hydrogens (tertiary/aromatic N) is 3. The van der Waals surface area contributed by atoms with Crippen LogP contribution < -0.4 is 0 Å². The molecule has 0 bridgehead atoms. The zero-order valence-electron chi connectivity index (χ0n) is 25.9. The minimum Gasteiger partial charge on any atom is -0.481 e. The van der Waals surface area contributed by atoms with Crippen LogP contribution in [-0.2, 0) is 48.5 Å². The third-order valence-corrected chi connectivity index (χ3v) is 11.2. The molecule has 0 radical (unpaired) electrons. The minimum absolute atomic E-state index is 0.0119. The molecule has 2 aliphatic heterocycles. The van der Waals surface area contributed by atoms with E-state index in [1.807, 2.05) is 26.0 Å². The number of aromatic nitrogens is 3. The van der Waals surface area contributed by atoms with Gasteiger partial charge in [0.25, 0.3) is 0 Å². The quantitative estimate of drug-likeness (QED) is 0.251. The lowest BCUT2D eigenvalue weighted by Crippen LogP contribution is -2.44. The topological polar surface area (TPSA) is 149 Å². The zero-order chi connectivity index (χ0) is 31.7. The largest absolute Gasteiger partial charge is 0.481 e. The number of aliphatic carboxylic acids is 1. The van der Waals surface area contributed by atoms with Crippen LogP contribution in [0.5, 0.6) is 0 Å². The first kappa shape index (κ1) is 33.7. The van der Waals surface area contributed by atoms with E-state index in [-0.39, 0.29) is 31.7 Å². The Morgan fingerprint density at radius 3 is 2.50 bits per heavy atom. The molecular weight excluding hydrogens is 617 g/mol. The molecule has 1 N–H and O–H groups in total. The van der Waals surface area contributed by atoms with Crippen molar-refractivity contribution in [2.45, 2.75) is 102 Å². The summed E-state index contributed by atoms with van der Waals surface area (Å²) in [4.78, 5) is 16.6. The van der Waals surface area contributed by atoms with Crippen molar-refractivity contribution in [3.05, 3.63) is 28.8 Å². The van der Waals surface area contributed by atoms with Crippen LogP contribution in [-0.4, -0.2) is 88.7 Å². The van der Waals surface area contributed by atoms with E-state index in [4.69, 9.17) is 44.3 Å². The lowest BCUT2D eigenvalue weighted by molar-refractivity contribution is -0.198. The van der Waals surface area contributed by atoms with Crippen LogP contribution in [0.1, 0.15) is 77.3 Å². The summed E-state index contributed by atoms with van der Waals surface area (Å²) in [6, 6.07) is 3.89. The van der Waals surface area contributed by atoms with Gasteiger partial charge in [-0.1, -0.05) is 25.7 Å². The van der Waals surface area contributed by atoms with Crippen molar-refractivity contribution in [1.29, 1.82) is 0 Å². The molecule has 1 saturated carbocycles. The Labute approximate surface area is 262 Å². The highest BCUT2D eigenvalue weighted by atomic mass is 35.5. The van der Waals surface area contributed by atoms with Gasteiger partial charge in [-0.25, -0.2) is 9.50 Å². The maximum absolute atomic E-state index is 14.0. The van der Waals surface area contributed by atoms with Gasteiger partial charge in [0.15, 0.2) is 5.79 Å². The van der Waals surface area contributed by atoms with Crippen LogP contribution in [0.2, 0.25) is 5.28 Å². The summed E-state index contributed by atoms with van der Waals surface area (Å²) in [5.74, 6) is -1.62. The fraction of sp³-hybridized carbons (Fsp3) is 0.759. The molecule has 15 heteroatoms. The molecule has 5 rings (SSSR count). The normalized spacial score (nSPS) is 26.8. The highest BCUT2D eigenvalue weighted by Crippen LogP contribution is 2.62. The van der Waals surface area contributed by atoms with E-state index >= 15 is 0 Å². The van der Waals surface area contributed by atoms with Crippen molar-refractivity contribution < 1.29 is 47.2 Å². The van der Waals surface area contributed by atoms with Crippen molar-refractivity contribution in [3.63, 3.8) is 0 Å². The van der Waals surface area contributed by atoms with Crippen molar-refractivity contribution in [2.24, 2.45) is 5.92 Å². The Hall–Kier alpha value is -1.67. The predicted molar refractivity (Wildman–Crippen MR) is 159 cm³/mol. The molecule has 3 fully saturated rings. The molecule has 0 unspecified atom stereocenters. The van der Waals surface area contributed by atoms with Gasteiger partial charge in [0.1, 0.15) is 24.4 Å². The molecule has 3 aliphatic rings. The standard InChI is InChI=1S/C29H43ClN3O10P/c1-6-39-44(36,40-7-2)29(17-37-5,15-23(34)35)38-16-22-25-26(43-28(3,4)42-25)24(41-22)21-13-12-20-19(14-18-10-8-9-11-18)31-27(30)32-33(20)21/h12-13,18,22,24-26H,6-11,14-17H2,1-5H3,(H,34,35)/t22-,24-,25-,26+,29+/m1/s1. The Bertz CT molecular complexity index is 1360. The van der Waals surface area contributed by atoms with Gasteiger partial charge in [0, 0.05) is 7.11 Å². The molecule has 0 spiro atoms. The fourth-order valence-corrected chi connectivity index (χ4v) is 8.92. The van der Waals surface area contributed by atoms with Gasteiger partial charge in [-0.3, -0.25) is 9.36 Å². The van der Waals surface area contributed by atoms with Crippen LogP contribution in [0.3, 0.4) is 0 Å². The lowest BCUT2D eigenvalue weighted by Gasteiger charge is -2.38. The van der Waals surface area contributed by atoms with E-state index in [9.17, 15) is 14.5 Å². The predicted octanol–water partition coefficient (Wildman–Crippen LogP) is 5.18. The van der Waals surface area contributed by atoms with Crippen molar-refractivity contribution in [3.8, 4) is 0 Å². The van der Waals surface area contributed by atoms with Crippen LogP contribution >= 0.6 is 19.2 Å². The van der Waals surface area contributed by atoms with Crippen molar-refractivity contribution in [2.75, 3.05) is 33.5 Å². The summed E-state index contributed by atoms with van der Waals surface area (Å²) >= 11 is 6.43. The molecule has 44 heavy (non-hydrogen) atoms. The first-order valence-corrected chi connectivity index (χ1v) is 17.2. The monoisotopic (exact) mass is 659 g/mol. The summed E-state index contributed by atoms with van der Waals surface area (Å²) in [6.07, 6.45) is 2.41. The molecule has 2 saturated heterocycles. The molecule has 246 valence electrons. The number of methoxy groups -OCH3 is 1. The van der Waals surface area contributed by atoms with Crippen LogP contribution in [0, 0.1) is 5.92 Å². The molecule has 1 aliphatic carbocycles. The SMILES string of the molecule is CCOP(=O)(OCC)[C@](COC)(CC(=O)O)OC[C@H]1O[C@H](c2ccc3c(CC4CCCC4)nc(Cl)nn23)[C@@H]2OC(C)(C)O[C@@H]21. The first-order chi connectivity index (χ1) is 20.9. The lowest BCUT2D eigenvalue weighted by atomic mass is 10.0. The van der Waals surface area contributed by atoms with Gasteiger partial charge >= 0.3 is 13.6 Å². The number of ether oxygens (including phenoxy) is 5. The van der Waals surface area contributed by atoms with Gasteiger partial charge in [0.05, 0.1) is 49.8 Å². The smallest absolute Gasteiger partial charge is 0.365 e. The van der Waals surface area contributed by atoms with Crippen molar-refractivity contribution >= 4 is 30.7 Å². The average molecular weight is 660 g/mol. The third-order valence-electron chi connectivity index (χ3n) is 8.40. The summed E-state index contributed by atoms with van der Waals surface area (Å²) < 4.78 is 57.6. The van der Waals surface area contributed by atoms with Crippen LogP contribution in [0.25, 0.3) is 5.52 Å². The van der Waals surface area contributed by atoms with Crippen LogP contribution in [0.15, 0.2) is 12.1 Å². The highest BCUT2D eigenvalue weighted by Gasteiger charge is 2.59. The molecular formula is C29H43ClN3O10P. The number of carbonyl (C=O) groups is 1. The Balaban J connectivity index is 1.46. The van der Waals surface area contributed by atoms with Gasteiger partial charge < -0.3 is 37.8 Å². The van der Waals surface area contributed by atoms with E-state index in [1.54, 1.807) is 18.4 Å². The highest BCUT2D eigenvalue weighted by molar-refractivity contribution is 7.55. The maximum atomic E-state index is 14.0. The molecule has 0 amide bonds. The van der Waals surface area contributed by atoms with Gasteiger partial charge in [-0.2, -0.15) is 0 Å². The zero-order valence-corrected chi connectivity index (χ0v) is 27.6. The Kier molecular flexibility index (Phi) is 10.4. The van der Waals surface area contributed by atoms with Gasteiger partial charge in [-0.15, -0.1) is 5.10 Å². The van der Waals surface area contributed by atoms with E-state index in [0.717, 1.165) is 17.6 Å². The van der Waals surface area contributed by atoms with Gasteiger partial charge in [-0.05, 0) is 63.8 Å². The van der Waals surface area contributed by atoms with E-state index in [1.165, 1.54) is 32.8 Å². The molecule has 13 nitrogen and oxygen atoms in total. The Morgan fingerprint density at radius 1 is 1.18 bits per heavy atom. The van der Waals surface area contributed by atoms with E-state index in [0.29, 0.717) is 11.6 Å². The molecule has 5 atom stereocenters. The third kappa shape index (κ3) is 6.72. The Morgan fingerprint density at radius 2 is 1.86 bits per heavy atom. The minimum atomic E-state index is -4.15. The summed E-state index contributed by atoms with van der Waals surface area (Å²) in [5.41, 5.74) is 2.45. The number of rotatable bonds is 15. The first-order valence-electron chi connectivity index (χ1n) is 15.2. The van der Waals surface area contributed by atoms with Crippen LogP contribution in [0.4, 0.5) is 0 Å². The summed E-state index contributed by atoms with van der Waals surface area (Å²) in [7, 11) is -2.79. The number of carboxylic acids is 1. The van der Waals surface area contributed by atoms with E-state index in [2.05, 4.69) is 10.1 Å². The van der Waals surface area contributed by atoms with Gasteiger partial charge in [0.2, 0.25) is 10.6 Å². The molecule has 2 aromatic rings. The fourth-order valence-electron chi connectivity index (χ4n) is 6.67. The second-order valence-corrected chi connectivity index (χ2v) is 14.7.